The highest BCUT2D eigenvalue weighted by atomic mass is 31.2. The molecule has 9 nitrogen and oxygen atoms in total. The van der Waals surface area contributed by atoms with Crippen LogP contribution in [-0.2, 0) is 13.8 Å². The van der Waals surface area contributed by atoms with Gasteiger partial charge >= 0.3 is 7.82 Å². The Labute approximate surface area is 90.1 Å². The number of hydrogen-bond donors (Lipinski definition) is 6. The third kappa shape index (κ3) is 2.98. The zero-order chi connectivity index (χ0) is 12.6. The van der Waals surface area contributed by atoms with Crippen LogP contribution < -0.4 is 0 Å². The second kappa shape index (κ2) is 4.65. The van der Waals surface area contributed by atoms with E-state index in [9.17, 15) is 19.9 Å². The van der Waals surface area contributed by atoms with Crippen LogP contribution in [0.25, 0.3) is 0 Å². The molecular formula is C6H13O9P. The van der Waals surface area contributed by atoms with Crippen molar-refractivity contribution in [2.24, 2.45) is 0 Å². The minimum Gasteiger partial charge on any atom is -0.394 e. The molecule has 1 aliphatic heterocycles. The standard InChI is InChI=1S/C6H13O9P/c7-1-3-4(8)5(9)6(10,15-3)2-14-16(11,12)13/h3-5,7-10H,1-2H2,(H2,11,12,13). The fraction of sp³-hybridized carbons (Fsp3) is 1.00. The molecule has 4 unspecified atom stereocenters. The lowest BCUT2D eigenvalue weighted by molar-refractivity contribution is -0.245. The smallest absolute Gasteiger partial charge is 0.394 e. The molecule has 0 aromatic heterocycles. The number of aliphatic hydroxyl groups is 4. The molecule has 0 saturated carbocycles. The third-order valence-electron chi connectivity index (χ3n) is 2.14. The largest absolute Gasteiger partial charge is 0.469 e. The Morgan fingerprint density at radius 3 is 2.31 bits per heavy atom. The van der Waals surface area contributed by atoms with Crippen molar-refractivity contribution in [3.63, 3.8) is 0 Å². The molecule has 0 aromatic rings. The summed E-state index contributed by atoms with van der Waals surface area (Å²) in [6.45, 7) is -1.71. The average molecular weight is 260 g/mol. The van der Waals surface area contributed by atoms with Crippen molar-refractivity contribution in [1.82, 2.24) is 0 Å². The van der Waals surface area contributed by atoms with E-state index in [0.717, 1.165) is 0 Å². The Balaban J connectivity index is 2.67. The van der Waals surface area contributed by atoms with Gasteiger partial charge in [-0.15, -0.1) is 0 Å². The summed E-state index contributed by atoms with van der Waals surface area (Å²) in [5, 5.41) is 36.9. The molecule has 1 rings (SSSR count). The third-order valence-corrected chi connectivity index (χ3v) is 2.61. The predicted octanol–water partition coefficient (Wildman–Crippen LogP) is -3.10. The van der Waals surface area contributed by atoms with Crippen molar-refractivity contribution in [3.05, 3.63) is 0 Å². The first kappa shape index (κ1) is 14.0. The van der Waals surface area contributed by atoms with Gasteiger partial charge in [0.15, 0.2) is 0 Å². The molecule has 0 aliphatic carbocycles. The van der Waals surface area contributed by atoms with Crippen LogP contribution in [0.15, 0.2) is 0 Å². The lowest BCUT2D eigenvalue weighted by Gasteiger charge is -2.25. The molecule has 1 aliphatic rings. The molecular weight excluding hydrogens is 247 g/mol. The average Bonchev–Trinajstić information content (AvgIpc) is 2.40. The van der Waals surface area contributed by atoms with Crippen LogP contribution in [0.2, 0.25) is 0 Å². The number of rotatable bonds is 4. The van der Waals surface area contributed by atoms with E-state index in [1.807, 2.05) is 0 Å². The Morgan fingerprint density at radius 2 is 1.94 bits per heavy atom. The summed E-state index contributed by atoms with van der Waals surface area (Å²) in [6.07, 6.45) is -4.66. The summed E-state index contributed by atoms with van der Waals surface area (Å²) in [5.41, 5.74) is 0. The minimum absolute atomic E-state index is 0.670. The molecule has 6 N–H and O–H groups in total. The van der Waals surface area contributed by atoms with Gasteiger partial charge in [-0.05, 0) is 0 Å². The highest BCUT2D eigenvalue weighted by Gasteiger charge is 2.54. The van der Waals surface area contributed by atoms with Crippen molar-refractivity contribution >= 4 is 7.82 Å². The molecule has 96 valence electrons. The lowest BCUT2D eigenvalue weighted by Crippen LogP contribution is -2.46. The van der Waals surface area contributed by atoms with Gasteiger partial charge in [-0.1, -0.05) is 0 Å². The number of hydrogen-bond acceptors (Lipinski definition) is 7. The van der Waals surface area contributed by atoms with Crippen LogP contribution in [0.4, 0.5) is 0 Å². The molecule has 4 atom stereocenters. The highest BCUT2D eigenvalue weighted by molar-refractivity contribution is 7.46. The van der Waals surface area contributed by atoms with E-state index in [1.165, 1.54) is 0 Å². The summed E-state index contributed by atoms with van der Waals surface area (Å²) in [4.78, 5) is 16.8. The van der Waals surface area contributed by atoms with Crippen molar-refractivity contribution < 1.29 is 44.0 Å². The van der Waals surface area contributed by atoms with Gasteiger partial charge in [0.1, 0.15) is 24.9 Å². The van der Waals surface area contributed by atoms with E-state index in [0.29, 0.717) is 0 Å². The molecule has 1 fully saturated rings. The summed E-state index contributed by atoms with van der Waals surface area (Å²) in [5.74, 6) is -2.46. The van der Waals surface area contributed by atoms with Crippen LogP contribution in [-0.4, -0.2) is 67.5 Å². The van der Waals surface area contributed by atoms with Gasteiger partial charge < -0.3 is 34.9 Å². The van der Waals surface area contributed by atoms with Crippen LogP contribution in [0.1, 0.15) is 0 Å². The van der Waals surface area contributed by atoms with Crippen molar-refractivity contribution in [2.75, 3.05) is 13.2 Å². The number of phosphoric acid groups is 1. The van der Waals surface area contributed by atoms with Gasteiger partial charge in [0, 0.05) is 0 Å². The molecule has 0 amide bonds. The van der Waals surface area contributed by atoms with E-state index in [1.54, 1.807) is 0 Å². The van der Waals surface area contributed by atoms with Crippen molar-refractivity contribution in [3.8, 4) is 0 Å². The molecule has 0 radical (unpaired) electrons. The first-order valence-corrected chi connectivity index (χ1v) is 5.80. The molecule has 0 aromatic carbocycles. The van der Waals surface area contributed by atoms with Gasteiger partial charge in [0.25, 0.3) is 0 Å². The number of aliphatic hydroxyl groups excluding tert-OH is 3. The molecule has 0 bridgehead atoms. The topological polar surface area (TPSA) is 157 Å². The second-order valence-corrected chi connectivity index (χ2v) is 4.62. The second-order valence-electron chi connectivity index (χ2n) is 3.38. The maximum absolute atomic E-state index is 10.4. The summed E-state index contributed by atoms with van der Waals surface area (Å²) in [6, 6.07) is 0. The van der Waals surface area contributed by atoms with Gasteiger partial charge in [-0.25, -0.2) is 4.57 Å². The SMILES string of the molecule is O=P(O)(O)OCC1(O)OC(CO)C(O)C1O. The summed E-state index contributed by atoms with van der Waals surface area (Å²) >= 11 is 0. The Bertz CT molecular complexity index is 290. The molecule has 1 saturated heterocycles. The van der Waals surface area contributed by atoms with Crippen molar-refractivity contribution in [1.29, 1.82) is 0 Å². The van der Waals surface area contributed by atoms with Gasteiger partial charge in [0.2, 0.25) is 5.79 Å². The lowest BCUT2D eigenvalue weighted by atomic mass is 10.1. The quantitative estimate of drug-likeness (QED) is 0.288. The van der Waals surface area contributed by atoms with Crippen LogP contribution >= 0.6 is 7.82 Å². The van der Waals surface area contributed by atoms with Gasteiger partial charge in [-0.3, -0.25) is 4.52 Å². The van der Waals surface area contributed by atoms with E-state index < -0.39 is 45.1 Å². The maximum Gasteiger partial charge on any atom is 0.469 e. The monoisotopic (exact) mass is 260 g/mol. The predicted molar refractivity (Wildman–Crippen MR) is 46.9 cm³/mol. The van der Waals surface area contributed by atoms with Crippen molar-refractivity contribution in [2.45, 2.75) is 24.1 Å². The normalized spacial score (nSPS) is 40.2. The number of phosphoric ester groups is 1. The number of ether oxygens (including phenoxy) is 1. The zero-order valence-electron chi connectivity index (χ0n) is 8.00. The van der Waals surface area contributed by atoms with Crippen LogP contribution in [0, 0.1) is 0 Å². The van der Waals surface area contributed by atoms with E-state index in [-0.39, 0.29) is 0 Å². The van der Waals surface area contributed by atoms with Crippen LogP contribution in [0.3, 0.4) is 0 Å². The first-order chi connectivity index (χ1) is 7.19. The van der Waals surface area contributed by atoms with Gasteiger partial charge in [0.05, 0.1) is 6.61 Å². The minimum atomic E-state index is -4.83. The first-order valence-electron chi connectivity index (χ1n) is 4.27. The molecule has 16 heavy (non-hydrogen) atoms. The fourth-order valence-corrected chi connectivity index (χ4v) is 1.67. The zero-order valence-corrected chi connectivity index (χ0v) is 8.90. The Kier molecular flexibility index (Phi) is 4.06. The molecule has 1 heterocycles. The fourth-order valence-electron chi connectivity index (χ4n) is 1.31. The van der Waals surface area contributed by atoms with E-state index in [2.05, 4.69) is 9.26 Å². The highest BCUT2D eigenvalue weighted by Crippen LogP contribution is 2.39. The van der Waals surface area contributed by atoms with Gasteiger partial charge in [-0.2, -0.15) is 0 Å². The summed E-state index contributed by atoms with van der Waals surface area (Å²) in [7, 11) is -4.83. The van der Waals surface area contributed by atoms with E-state index in [4.69, 9.17) is 14.9 Å². The maximum atomic E-state index is 10.4. The molecule has 0 spiro atoms. The Hall–Kier alpha value is -0.0900. The Morgan fingerprint density at radius 1 is 1.38 bits per heavy atom. The van der Waals surface area contributed by atoms with E-state index >= 15 is 0 Å². The molecule has 10 heteroatoms. The van der Waals surface area contributed by atoms with Crippen LogP contribution in [0.5, 0.6) is 0 Å². The summed E-state index contributed by atoms with van der Waals surface area (Å²) < 4.78 is 19.0.